The molecule has 1 aliphatic heterocycles. The standard InChI is InChI=1S/C17H27N3O2S/c1-5-21-15-9-13-8-12(2)22-16(13)10-14(15)11-19-17(23)18-6-7-20(3)4/h9-10,12H,5-8,11H2,1-4H3,(H2,18,19,23)/p+1/t12-/m1/s1. The van der Waals surface area contributed by atoms with Crippen LogP contribution < -0.4 is 25.0 Å². The molecule has 0 spiro atoms. The Kier molecular flexibility index (Phi) is 6.47. The Morgan fingerprint density at radius 1 is 1.39 bits per heavy atom. The maximum absolute atomic E-state index is 5.84. The molecule has 0 aromatic heterocycles. The molecule has 0 unspecified atom stereocenters. The highest BCUT2D eigenvalue weighted by molar-refractivity contribution is 7.80. The molecular weight excluding hydrogens is 310 g/mol. The van der Waals surface area contributed by atoms with E-state index in [0.29, 0.717) is 18.3 Å². The summed E-state index contributed by atoms with van der Waals surface area (Å²) in [7, 11) is 4.25. The van der Waals surface area contributed by atoms with Crippen molar-refractivity contribution in [1.82, 2.24) is 10.6 Å². The van der Waals surface area contributed by atoms with Crippen LogP contribution in [-0.2, 0) is 13.0 Å². The Morgan fingerprint density at radius 2 is 2.17 bits per heavy atom. The Morgan fingerprint density at radius 3 is 2.87 bits per heavy atom. The first-order chi connectivity index (χ1) is 11.0. The molecule has 6 heteroatoms. The normalized spacial score (nSPS) is 16.0. The molecule has 5 nitrogen and oxygen atoms in total. The summed E-state index contributed by atoms with van der Waals surface area (Å²) in [5.41, 5.74) is 2.29. The van der Waals surface area contributed by atoms with E-state index in [9.17, 15) is 0 Å². The van der Waals surface area contributed by atoms with E-state index in [0.717, 1.165) is 36.6 Å². The van der Waals surface area contributed by atoms with Gasteiger partial charge in [-0.3, -0.25) is 0 Å². The molecule has 1 aromatic carbocycles. The van der Waals surface area contributed by atoms with Crippen LogP contribution in [0.25, 0.3) is 0 Å². The number of likely N-dealkylation sites (N-methyl/N-ethyl adjacent to an activating group) is 1. The number of benzene rings is 1. The second kappa shape index (κ2) is 8.36. The number of thiocarbonyl (C=S) groups is 1. The van der Waals surface area contributed by atoms with Crippen molar-refractivity contribution in [3.8, 4) is 11.5 Å². The van der Waals surface area contributed by atoms with Gasteiger partial charge in [0.15, 0.2) is 5.11 Å². The van der Waals surface area contributed by atoms with E-state index in [2.05, 4.69) is 43.8 Å². The minimum Gasteiger partial charge on any atom is -0.494 e. The molecule has 2 rings (SSSR count). The Labute approximate surface area is 144 Å². The summed E-state index contributed by atoms with van der Waals surface area (Å²) in [5, 5.41) is 7.14. The Hall–Kier alpha value is -1.53. The first-order valence-corrected chi connectivity index (χ1v) is 8.66. The summed E-state index contributed by atoms with van der Waals surface area (Å²) in [6, 6.07) is 4.18. The predicted molar refractivity (Wildman–Crippen MR) is 96.5 cm³/mol. The van der Waals surface area contributed by atoms with Crippen LogP contribution in [0.5, 0.6) is 11.5 Å². The zero-order valence-electron chi connectivity index (χ0n) is 14.5. The van der Waals surface area contributed by atoms with Gasteiger partial charge in [0.1, 0.15) is 17.6 Å². The molecule has 0 amide bonds. The SMILES string of the molecule is CCOc1cc2c(cc1CNC(=S)NCC[NH+](C)C)O[C@H](C)C2. The Bertz CT molecular complexity index is 549. The van der Waals surface area contributed by atoms with Gasteiger partial charge in [-0.1, -0.05) is 0 Å². The minimum atomic E-state index is 0.235. The van der Waals surface area contributed by atoms with Crippen molar-refractivity contribution < 1.29 is 14.4 Å². The summed E-state index contributed by atoms with van der Waals surface area (Å²) in [5.74, 6) is 1.88. The van der Waals surface area contributed by atoms with Crippen LogP contribution >= 0.6 is 12.2 Å². The van der Waals surface area contributed by atoms with Gasteiger partial charge in [0.25, 0.3) is 0 Å². The van der Waals surface area contributed by atoms with Gasteiger partial charge in [-0.2, -0.15) is 0 Å². The van der Waals surface area contributed by atoms with Crippen LogP contribution in [0.4, 0.5) is 0 Å². The summed E-state index contributed by atoms with van der Waals surface area (Å²) in [6.07, 6.45) is 1.18. The fourth-order valence-corrected chi connectivity index (χ4v) is 2.75. The molecule has 3 N–H and O–H groups in total. The van der Waals surface area contributed by atoms with Gasteiger partial charge >= 0.3 is 0 Å². The third-order valence-corrected chi connectivity index (χ3v) is 4.02. The van der Waals surface area contributed by atoms with Crippen LogP contribution in [0.1, 0.15) is 25.0 Å². The zero-order chi connectivity index (χ0) is 16.8. The number of nitrogens with one attached hydrogen (secondary N) is 3. The summed E-state index contributed by atoms with van der Waals surface area (Å²) >= 11 is 5.33. The minimum absolute atomic E-state index is 0.235. The average Bonchev–Trinajstić information content (AvgIpc) is 2.83. The topological polar surface area (TPSA) is 47.0 Å². The molecule has 128 valence electrons. The summed E-state index contributed by atoms with van der Waals surface area (Å²) in [4.78, 5) is 1.39. The van der Waals surface area contributed by atoms with Gasteiger partial charge in [-0.15, -0.1) is 0 Å². The van der Waals surface area contributed by atoms with Crippen LogP contribution in [0.2, 0.25) is 0 Å². The monoisotopic (exact) mass is 338 g/mol. The van der Waals surface area contributed by atoms with Gasteiger partial charge in [0.2, 0.25) is 0 Å². The zero-order valence-corrected chi connectivity index (χ0v) is 15.3. The summed E-state index contributed by atoms with van der Waals surface area (Å²) in [6.45, 7) is 7.24. The smallest absolute Gasteiger partial charge is 0.166 e. The van der Waals surface area contributed by atoms with Crippen molar-refractivity contribution in [1.29, 1.82) is 0 Å². The van der Waals surface area contributed by atoms with Crippen molar-refractivity contribution >= 4 is 17.3 Å². The molecule has 0 saturated heterocycles. The third kappa shape index (κ3) is 5.25. The second-order valence-electron chi connectivity index (χ2n) is 6.20. The van der Waals surface area contributed by atoms with Gasteiger partial charge in [-0.25, -0.2) is 0 Å². The highest BCUT2D eigenvalue weighted by atomic mass is 32.1. The molecule has 0 bridgehead atoms. The number of hydrogen-bond donors (Lipinski definition) is 3. The van der Waals surface area contributed by atoms with E-state index < -0.39 is 0 Å². The van der Waals surface area contributed by atoms with Crippen LogP contribution in [-0.4, -0.2) is 45.0 Å². The first kappa shape index (κ1) is 17.8. The van der Waals surface area contributed by atoms with Crippen LogP contribution in [0.15, 0.2) is 12.1 Å². The van der Waals surface area contributed by atoms with E-state index in [1.54, 1.807) is 0 Å². The molecule has 1 aromatic rings. The maximum atomic E-state index is 5.84. The van der Waals surface area contributed by atoms with E-state index in [-0.39, 0.29) is 6.10 Å². The molecule has 0 radical (unpaired) electrons. The fourth-order valence-electron chi connectivity index (χ4n) is 2.57. The van der Waals surface area contributed by atoms with E-state index in [1.807, 2.05) is 6.92 Å². The number of quaternary nitrogens is 1. The van der Waals surface area contributed by atoms with Gasteiger partial charge in [0.05, 0.1) is 33.8 Å². The molecule has 1 atom stereocenters. The molecule has 0 saturated carbocycles. The highest BCUT2D eigenvalue weighted by Crippen LogP contribution is 2.35. The lowest BCUT2D eigenvalue weighted by Crippen LogP contribution is -3.06. The molecule has 1 aliphatic rings. The van der Waals surface area contributed by atoms with Crippen LogP contribution in [0, 0.1) is 0 Å². The molecular formula is C17H28N3O2S+. The lowest BCUT2D eigenvalue weighted by Gasteiger charge is -2.15. The first-order valence-electron chi connectivity index (χ1n) is 8.25. The molecule has 0 fully saturated rings. The predicted octanol–water partition coefficient (Wildman–Crippen LogP) is 0.517. The lowest BCUT2D eigenvalue weighted by atomic mass is 10.1. The number of ether oxygens (including phenoxy) is 2. The fraction of sp³-hybridized carbons (Fsp3) is 0.588. The number of hydrogen-bond acceptors (Lipinski definition) is 3. The summed E-state index contributed by atoms with van der Waals surface area (Å²) < 4.78 is 11.6. The molecule has 1 heterocycles. The maximum Gasteiger partial charge on any atom is 0.166 e. The van der Waals surface area contributed by atoms with E-state index >= 15 is 0 Å². The van der Waals surface area contributed by atoms with Gasteiger partial charge < -0.3 is 25.0 Å². The molecule has 23 heavy (non-hydrogen) atoms. The number of rotatable bonds is 7. The largest absolute Gasteiger partial charge is 0.494 e. The van der Waals surface area contributed by atoms with E-state index in [1.165, 1.54) is 10.5 Å². The third-order valence-electron chi connectivity index (χ3n) is 3.73. The van der Waals surface area contributed by atoms with Crippen molar-refractivity contribution in [2.24, 2.45) is 0 Å². The van der Waals surface area contributed by atoms with Gasteiger partial charge in [0, 0.05) is 24.1 Å². The van der Waals surface area contributed by atoms with Crippen molar-refractivity contribution in [3.63, 3.8) is 0 Å². The van der Waals surface area contributed by atoms with Crippen molar-refractivity contribution in [2.45, 2.75) is 32.9 Å². The molecule has 0 aliphatic carbocycles. The second-order valence-corrected chi connectivity index (χ2v) is 6.61. The highest BCUT2D eigenvalue weighted by Gasteiger charge is 2.21. The quantitative estimate of drug-likeness (QED) is 0.633. The number of fused-ring (bicyclic) bond motifs is 1. The van der Waals surface area contributed by atoms with Gasteiger partial charge in [-0.05, 0) is 38.2 Å². The average molecular weight is 338 g/mol. The van der Waals surface area contributed by atoms with Crippen molar-refractivity contribution in [3.05, 3.63) is 23.3 Å². The van der Waals surface area contributed by atoms with Crippen LogP contribution in [0.3, 0.4) is 0 Å². The Balaban J connectivity index is 1.96. The lowest BCUT2D eigenvalue weighted by molar-refractivity contribution is -0.856. The van der Waals surface area contributed by atoms with E-state index in [4.69, 9.17) is 21.7 Å². The van der Waals surface area contributed by atoms with Crippen molar-refractivity contribution in [2.75, 3.05) is 33.8 Å².